The standard InChI is InChI=1S/C15H17FN6O2S/c1-3-21-9-14(11(2)18-21)25(23,24)20-15-17-10-22(19-15)8-12-5-4-6-13(16)7-12/h4-7,9-10H,3,8H2,1-2H3,(H,19,20). The molecule has 3 rings (SSSR count). The first-order chi connectivity index (χ1) is 11.9. The van der Waals surface area contributed by atoms with Crippen molar-refractivity contribution in [2.24, 2.45) is 0 Å². The summed E-state index contributed by atoms with van der Waals surface area (Å²) in [6, 6.07) is 6.08. The van der Waals surface area contributed by atoms with E-state index in [0.29, 0.717) is 17.8 Å². The Hall–Kier alpha value is -2.75. The molecule has 0 amide bonds. The zero-order chi connectivity index (χ0) is 18.0. The Morgan fingerprint density at radius 3 is 2.72 bits per heavy atom. The molecule has 1 N–H and O–H groups in total. The van der Waals surface area contributed by atoms with Crippen molar-refractivity contribution < 1.29 is 12.8 Å². The van der Waals surface area contributed by atoms with Crippen LogP contribution in [0.15, 0.2) is 41.7 Å². The number of nitrogens with one attached hydrogen (secondary N) is 1. The van der Waals surface area contributed by atoms with Crippen molar-refractivity contribution >= 4 is 16.0 Å². The van der Waals surface area contributed by atoms with E-state index in [9.17, 15) is 12.8 Å². The van der Waals surface area contributed by atoms with Gasteiger partial charge < -0.3 is 0 Å². The average molecular weight is 364 g/mol. The number of rotatable bonds is 6. The highest BCUT2D eigenvalue weighted by molar-refractivity contribution is 7.92. The second kappa shape index (κ2) is 6.63. The summed E-state index contributed by atoms with van der Waals surface area (Å²) in [6.45, 7) is 4.33. The van der Waals surface area contributed by atoms with E-state index in [1.807, 2.05) is 6.92 Å². The number of nitrogens with zero attached hydrogens (tertiary/aromatic N) is 5. The number of hydrogen-bond donors (Lipinski definition) is 1. The Bertz CT molecular complexity index is 995. The van der Waals surface area contributed by atoms with E-state index < -0.39 is 10.0 Å². The lowest BCUT2D eigenvalue weighted by molar-refractivity contribution is 0.599. The van der Waals surface area contributed by atoms with E-state index >= 15 is 0 Å². The van der Waals surface area contributed by atoms with Gasteiger partial charge in [0.25, 0.3) is 16.0 Å². The van der Waals surface area contributed by atoms with Crippen LogP contribution in [-0.4, -0.2) is 33.0 Å². The van der Waals surface area contributed by atoms with Crippen molar-refractivity contribution in [2.75, 3.05) is 4.72 Å². The molecule has 132 valence electrons. The van der Waals surface area contributed by atoms with Crippen LogP contribution in [0.2, 0.25) is 0 Å². The zero-order valence-electron chi connectivity index (χ0n) is 13.7. The lowest BCUT2D eigenvalue weighted by Gasteiger charge is -2.03. The van der Waals surface area contributed by atoms with Crippen LogP contribution in [-0.2, 0) is 23.1 Å². The van der Waals surface area contributed by atoms with Crippen LogP contribution in [0.25, 0.3) is 0 Å². The first-order valence-corrected chi connectivity index (χ1v) is 9.06. The summed E-state index contributed by atoms with van der Waals surface area (Å²) < 4.78 is 43.4. The highest BCUT2D eigenvalue weighted by Gasteiger charge is 2.21. The Morgan fingerprint density at radius 1 is 1.24 bits per heavy atom. The molecule has 0 aliphatic rings. The van der Waals surface area contributed by atoms with Crippen molar-refractivity contribution in [1.29, 1.82) is 0 Å². The quantitative estimate of drug-likeness (QED) is 0.720. The van der Waals surface area contributed by atoms with E-state index in [2.05, 4.69) is 19.9 Å². The van der Waals surface area contributed by atoms with Gasteiger partial charge in [-0.25, -0.2) is 22.2 Å². The molecule has 0 aliphatic heterocycles. The summed E-state index contributed by atoms with van der Waals surface area (Å²) >= 11 is 0. The van der Waals surface area contributed by atoms with Gasteiger partial charge in [0.05, 0.1) is 12.2 Å². The minimum atomic E-state index is -3.83. The molecule has 0 bridgehead atoms. The van der Waals surface area contributed by atoms with Crippen LogP contribution in [0, 0.1) is 12.7 Å². The summed E-state index contributed by atoms with van der Waals surface area (Å²) in [4.78, 5) is 4.02. The maximum atomic E-state index is 13.2. The van der Waals surface area contributed by atoms with Gasteiger partial charge in [0, 0.05) is 12.7 Å². The van der Waals surface area contributed by atoms with E-state index in [4.69, 9.17) is 0 Å². The van der Waals surface area contributed by atoms with Gasteiger partial charge in [-0.1, -0.05) is 12.1 Å². The molecule has 2 heterocycles. The maximum Gasteiger partial charge on any atom is 0.267 e. The smallest absolute Gasteiger partial charge is 0.267 e. The monoisotopic (exact) mass is 364 g/mol. The zero-order valence-corrected chi connectivity index (χ0v) is 14.5. The maximum absolute atomic E-state index is 13.2. The Labute approximate surface area is 144 Å². The van der Waals surface area contributed by atoms with Gasteiger partial charge in [0.15, 0.2) is 0 Å². The van der Waals surface area contributed by atoms with E-state index in [1.165, 1.54) is 29.3 Å². The minimum Gasteiger partial charge on any atom is -0.271 e. The van der Waals surface area contributed by atoms with Crippen molar-refractivity contribution in [3.63, 3.8) is 0 Å². The molecular formula is C15H17FN6O2S. The molecular weight excluding hydrogens is 347 g/mol. The van der Waals surface area contributed by atoms with Crippen LogP contribution in [0.5, 0.6) is 0 Å². The number of benzene rings is 1. The average Bonchev–Trinajstić information content (AvgIpc) is 3.13. The topological polar surface area (TPSA) is 94.7 Å². The highest BCUT2D eigenvalue weighted by atomic mass is 32.2. The lowest BCUT2D eigenvalue weighted by Crippen LogP contribution is -2.15. The highest BCUT2D eigenvalue weighted by Crippen LogP contribution is 2.16. The van der Waals surface area contributed by atoms with Gasteiger partial charge in [-0.05, 0) is 31.5 Å². The molecule has 0 spiro atoms. The fraction of sp³-hybridized carbons (Fsp3) is 0.267. The van der Waals surface area contributed by atoms with Gasteiger partial charge in [-0.3, -0.25) is 4.68 Å². The number of aromatic nitrogens is 5. The molecule has 3 aromatic rings. The van der Waals surface area contributed by atoms with Crippen LogP contribution >= 0.6 is 0 Å². The van der Waals surface area contributed by atoms with Crippen molar-refractivity contribution in [2.45, 2.75) is 31.8 Å². The summed E-state index contributed by atoms with van der Waals surface area (Å²) in [5, 5.41) is 8.19. The number of aryl methyl sites for hydroxylation is 2. The molecule has 0 aliphatic carbocycles. The molecule has 0 radical (unpaired) electrons. The Balaban J connectivity index is 1.77. The molecule has 1 aromatic carbocycles. The molecule has 0 atom stereocenters. The second-order valence-electron chi connectivity index (χ2n) is 5.44. The number of halogens is 1. The lowest BCUT2D eigenvalue weighted by atomic mass is 10.2. The number of sulfonamides is 1. The predicted molar refractivity (Wildman–Crippen MR) is 89.0 cm³/mol. The Kier molecular flexibility index (Phi) is 4.53. The number of hydrogen-bond acceptors (Lipinski definition) is 5. The van der Waals surface area contributed by atoms with Crippen LogP contribution in [0.1, 0.15) is 18.2 Å². The molecule has 0 saturated carbocycles. The first-order valence-electron chi connectivity index (χ1n) is 7.58. The Morgan fingerprint density at radius 2 is 2.04 bits per heavy atom. The fourth-order valence-electron chi connectivity index (χ4n) is 2.34. The summed E-state index contributed by atoms with van der Waals surface area (Å²) in [5.41, 5.74) is 1.09. The van der Waals surface area contributed by atoms with Gasteiger partial charge in [0.2, 0.25) is 0 Å². The van der Waals surface area contributed by atoms with Crippen LogP contribution < -0.4 is 4.72 Å². The van der Waals surface area contributed by atoms with E-state index in [1.54, 1.807) is 23.7 Å². The molecule has 25 heavy (non-hydrogen) atoms. The van der Waals surface area contributed by atoms with Crippen molar-refractivity contribution in [3.8, 4) is 0 Å². The van der Waals surface area contributed by atoms with E-state index in [0.717, 1.165) is 0 Å². The molecule has 0 fully saturated rings. The molecule has 2 aromatic heterocycles. The summed E-state index contributed by atoms with van der Waals surface area (Å²) in [6.07, 6.45) is 2.84. The normalized spacial score (nSPS) is 11.6. The van der Waals surface area contributed by atoms with Crippen molar-refractivity contribution in [1.82, 2.24) is 24.5 Å². The third-order valence-electron chi connectivity index (χ3n) is 3.51. The van der Waals surface area contributed by atoms with Gasteiger partial charge in [-0.2, -0.15) is 10.1 Å². The first kappa shape index (κ1) is 17.1. The van der Waals surface area contributed by atoms with Gasteiger partial charge in [0.1, 0.15) is 17.0 Å². The third kappa shape index (κ3) is 3.85. The second-order valence-corrected chi connectivity index (χ2v) is 7.09. The third-order valence-corrected chi connectivity index (χ3v) is 4.94. The predicted octanol–water partition coefficient (Wildman–Crippen LogP) is 1.79. The van der Waals surface area contributed by atoms with E-state index in [-0.39, 0.29) is 23.2 Å². The summed E-state index contributed by atoms with van der Waals surface area (Å²) in [7, 11) is -3.83. The van der Waals surface area contributed by atoms with Gasteiger partial charge in [-0.15, -0.1) is 5.10 Å². The van der Waals surface area contributed by atoms with Crippen LogP contribution in [0.4, 0.5) is 10.3 Å². The fourth-order valence-corrected chi connectivity index (χ4v) is 3.47. The molecule has 0 saturated heterocycles. The summed E-state index contributed by atoms with van der Waals surface area (Å²) in [5.74, 6) is -0.401. The minimum absolute atomic E-state index is 0.0555. The largest absolute Gasteiger partial charge is 0.271 e. The van der Waals surface area contributed by atoms with Gasteiger partial charge >= 0.3 is 0 Å². The van der Waals surface area contributed by atoms with Crippen LogP contribution in [0.3, 0.4) is 0 Å². The molecule has 8 nitrogen and oxygen atoms in total. The van der Waals surface area contributed by atoms with Crippen molar-refractivity contribution in [3.05, 3.63) is 53.9 Å². The SMILES string of the molecule is CCn1cc(S(=O)(=O)Nc2ncn(Cc3cccc(F)c3)n2)c(C)n1. The number of anilines is 1. The molecule has 10 heteroatoms. The molecule has 0 unspecified atom stereocenters.